The minimum atomic E-state index is -2.27. The van der Waals surface area contributed by atoms with Crippen molar-refractivity contribution in [1.29, 1.82) is 0 Å². The molecule has 0 radical (unpaired) electrons. The third-order valence-corrected chi connectivity index (χ3v) is 4.68. The lowest BCUT2D eigenvalue weighted by Gasteiger charge is -2.59. The fraction of sp³-hybridized carbons (Fsp3) is 0.938. The van der Waals surface area contributed by atoms with Gasteiger partial charge in [-0.25, -0.2) is 13.6 Å². The van der Waals surface area contributed by atoms with Crippen LogP contribution in [-0.2, 0) is 4.74 Å². The first-order chi connectivity index (χ1) is 10.5. The van der Waals surface area contributed by atoms with E-state index >= 15 is 0 Å². The Bertz CT molecular complexity index is 365. The standard InChI is InChI=1S/C16H28F2N2O2/c1-3-5-6-7-13(4-2)22-15(21)20-11-16(12-20)9-19(10-16)8-14(17)18/h13-14H,3-12H2,1-2H3. The molecule has 2 saturated heterocycles. The molecule has 2 aliphatic rings. The number of amides is 1. The van der Waals surface area contributed by atoms with Gasteiger partial charge in [0.2, 0.25) is 0 Å². The third-order valence-electron chi connectivity index (χ3n) is 4.68. The van der Waals surface area contributed by atoms with E-state index in [9.17, 15) is 13.6 Å². The van der Waals surface area contributed by atoms with Gasteiger partial charge in [-0.05, 0) is 19.3 Å². The molecule has 2 fully saturated rings. The lowest BCUT2D eigenvalue weighted by molar-refractivity contribution is -0.120. The predicted octanol–water partition coefficient (Wildman–Crippen LogP) is 3.36. The van der Waals surface area contributed by atoms with Crippen molar-refractivity contribution < 1.29 is 18.3 Å². The maximum Gasteiger partial charge on any atom is 0.410 e. The van der Waals surface area contributed by atoms with Gasteiger partial charge in [0, 0.05) is 31.6 Å². The average Bonchev–Trinajstić information content (AvgIpc) is 2.38. The van der Waals surface area contributed by atoms with Gasteiger partial charge < -0.3 is 9.64 Å². The molecule has 0 bridgehead atoms. The van der Waals surface area contributed by atoms with Gasteiger partial charge >= 0.3 is 6.09 Å². The van der Waals surface area contributed by atoms with Crippen LogP contribution >= 0.6 is 0 Å². The van der Waals surface area contributed by atoms with Crippen LogP contribution in [0.3, 0.4) is 0 Å². The normalized spacial score (nSPS) is 21.6. The van der Waals surface area contributed by atoms with E-state index in [0.29, 0.717) is 26.2 Å². The molecule has 0 aromatic carbocycles. The molecule has 1 amide bonds. The summed E-state index contributed by atoms with van der Waals surface area (Å²) in [6, 6.07) is 0. The number of rotatable bonds is 8. The minimum Gasteiger partial charge on any atom is -0.446 e. The van der Waals surface area contributed by atoms with E-state index in [4.69, 9.17) is 4.74 Å². The predicted molar refractivity (Wildman–Crippen MR) is 81.2 cm³/mol. The number of halogens is 2. The van der Waals surface area contributed by atoms with Crippen molar-refractivity contribution in [3.63, 3.8) is 0 Å². The number of nitrogens with zero attached hydrogens (tertiary/aromatic N) is 2. The molecule has 4 nitrogen and oxygen atoms in total. The molecule has 1 unspecified atom stereocenters. The quantitative estimate of drug-likeness (QED) is 0.643. The summed E-state index contributed by atoms with van der Waals surface area (Å²) in [5, 5.41) is 0. The summed E-state index contributed by atoms with van der Waals surface area (Å²) in [6.07, 6.45) is 2.69. The summed E-state index contributed by atoms with van der Waals surface area (Å²) < 4.78 is 30.1. The summed E-state index contributed by atoms with van der Waals surface area (Å²) in [7, 11) is 0. The average molecular weight is 318 g/mol. The summed E-state index contributed by atoms with van der Waals surface area (Å²) >= 11 is 0. The van der Waals surface area contributed by atoms with Crippen LogP contribution in [0.15, 0.2) is 0 Å². The molecule has 0 saturated carbocycles. The molecule has 22 heavy (non-hydrogen) atoms. The molecule has 6 heteroatoms. The molecular formula is C16H28F2N2O2. The Morgan fingerprint density at radius 1 is 1.18 bits per heavy atom. The molecule has 2 heterocycles. The van der Waals surface area contributed by atoms with Crippen LogP contribution < -0.4 is 0 Å². The van der Waals surface area contributed by atoms with Crippen LogP contribution in [0.25, 0.3) is 0 Å². The molecular weight excluding hydrogens is 290 g/mol. The highest BCUT2D eigenvalue weighted by Gasteiger charge is 2.53. The molecule has 1 spiro atoms. The highest BCUT2D eigenvalue weighted by atomic mass is 19.3. The zero-order chi connectivity index (χ0) is 16.2. The SMILES string of the molecule is CCCCCC(CC)OC(=O)N1CC2(CN(CC(F)F)C2)C1. The molecule has 0 aromatic rings. The van der Waals surface area contributed by atoms with Crippen LogP contribution in [-0.4, -0.2) is 61.1 Å². The number of alkyl halides is 2. The van der Waals surface area contributed by atoms with Crippen molar-refractivity contribution in [2.45, 2.75) is 58.5 Å². The van der Waals surface area contributed by atoms with Gasteiger partial charge in [-0.15, -0.1) is 0 Å². The largest absolute Gasteiger partial charge is 0.446 e. The first kappa shape index (κ1) is 17.4. The maximum atomic E-state index is 12.3. The van der Waals surface area contributed by atoms with E-state index in [1.165, 1.54) is 6.42 Å². The molecule has 0 aromatic heterocycles. The Morgan fingerprint density at radius 3 is 2.41 bits per heavy atom. The Kier molecular flexibility index (Phi) is 6.01. The third kappa shape index (κ3) is 4.31. The van der Waals surface area contributed by atoms with E-state index in [1.54, 1.807) is 9.80 Å². The van der Waals surface area contributed by atoms with E-state index in [0.717, 1.165) is 25.7 Å². The van der Waals surface area contributed by atoms with Crippen LogP contribution in [0.2, 0.25) is 0 Å². The summed E-state index contributed by atoms with van der Waals surface area (Å²) in [5.74, 6) is 0. The van der Waals surface area contributed by atoms with Gasteiger partial charge in [0.25, 0.3) is 6.43 Å². The van der Waals surface area contributed by atoms with Crippen LogP contribution in [0.5, 0.6) is 0 Å². The number of hydrogen-bond acceptors (Lipinski definition) is 3. The van der Waals surface area contributed by atoms with E-state index < -0.39 is 6.43 Å². The van der Waals surface area contributed by atoms with Gasteiger partial charge in [-0.1, -0.05) is 26.7 Å². The van der Waals surface area contributed by atoms with Crippen molar-refractivity contribution >= 4 is 6.09 Å². The Balaban J connectivity index is 1.64. The maximum absolute atomic E-state index is 12.3. The second-order valence-electron chi connectivity index (χ2n) is 6.83. The van der Waals surface area contributed by atoms with Gasteiger partial charge in [0.15, 0.2) is 0 Å². The first-order valence-electron chi connectivity index (χ1n) is 8.44. The number of carbonyl (C=O) groups excluding carboxylic acids is 1. The first-order valence-corrected chi connectivity index (χ1v) is 8.44. The van der Waals surface area contributed by atoms with Gasteiger partial charge in [0.05, 0.1) is 6.54 Å². The highest BCUT2D eigenvalue weighted by molar-refractivity contribution is 5.69. The van der Waals surface area contributed by atoms with Crippen molar-refractivity contribution in [3.05, 3.63) is 0 Å². The number of ether oxygens (including phenoxy) is 1. The number of hydrogen-bond donors (Lipinski definition) is 0. The molecule has 0 aliphatic carbocycles. The van der Waals surface area contributed by atoms with Crippen LogP contribution in [0.4, 0.5) is 13.6 Å². The van der Waals surface area contributed by atoms with Crippen LogP contribution in [0, 0.1) is 5.41 Å². The highest BCUT2D eigenvalue weighted by Crippen LogP contribution is 2.40. The van der Waals surface area contributed by atoms with E-state index in [1.807, 2.05) is 6.92 Å². The summed E-state index contributed by atoms with van der Waals surface area (Å²) in [6.45, 7) is 6.69. The van der Waals surface area contributed by atoms with Crippen molar-refractivity contribution in [3.8, 4) is 0 Å². The Hall–Kier alpha value is -0.910. The second-order valence-corrected chi connectivity index (χ2v) is 6.83. The minimum absolute atomic E-state index is 0.00678. The number of likely N-dealkylation sites (tertiary alicyclic amines) is 2. The molecule has 128 valence electrons. The molecule has 1 atom stereocenters. The molecule has 2 aliphatic heterocycles. The van der Waals surface area contributed by atoms with E-state index in [-0.39, 0.29) is 24.2 Å². The van der Waals surface area contributed by atoms with E-state index in [2.05, 4.69) is 6.92 Å². The Labute approximate surface area is 131 Å². The monoisotopic (exact) mass is 318 g/mol. The summed E-state index contributed by atoms with van der Waals surface area (Å²) in [5.41, 5.74) is 0.0534. The molecule has 0 N–H and O–H groups in total. The number of carbonyl (C=O) groups is 1. The summed E-state index contributed by atoms with van der Waals surface area (Å²) in [4.78, 5) is 15.6. The second kappa shape index (κ2) is 7.57. The molecule has 2 rings (SSSR count). The smallest absolute Gasteiger partial charge is 0.410 e. The fourth-order valence-electron chi connectivity index (χ4n) is 3.50. The number of unbranched alkanes of at least 4 members (excludes halogenated alkanes) is 2. The van der Waals surface area contributed by atoms with Crippen LogP contribution in [0.1, 0.15) is 46.0 Å². The zero-order valence-electron chi connectivity index (χ0n) is 13.7. The fourth-order valence-corrected chi connectivity index (χ4v) is 3.50. The lowest BCUT2D eigenvalue weighted by Crippen LogP contribution is -2.73. The lowest BCUT2D eigenvalue weighted by atomic mass is 9.73. The van der Waals surface area contributed by atoms with Gasteiger partial charge in [0.1, 0.15) is 6.10 Å². The van der Waals surface area contributed by atoms with Crippen molar-refractivity contribution in [2.24, 2.45) is 5.41 Å². The topological polar surface area (TPSA) is 32.8 Å². The zero-order valence-corrected chi connectivity index (χ0v) is 13.7. The van der Waals surface area contributed by atoms with Crippen molar-refractivity contribution in [1.82, 2.24) is 9.80 Å². The van der Waals surface area contributed by atoms with Gasteiger partial charge in [-0.3, -0.25) is 4.90 Å². The Morgan fingerprint density at radius 2 is 1.86 bits per heavy atom. The van der Waals surface area contributed by atoms with Crippen molar-refractivity contribution in [2.75, 3.05) is 32.7 Å². The van der Waals surface area contributed by atoms with Gasteiger partial charge in [-0.2, -0.15) is 0 Å².